The van der Waals surface area contributed by atoms with Gasteiger partial charge in [0.1, 0.15) is 0 Å². The molecule has 106 valence electrons. The first-order valence-corrected chi connectivity index (χ1v) is 7.64. The van der Waals surface area contributed by atoms with Crippen LogP contribution in [-0.4, -0.2) is 48.0 Å². The zero-order chi connectivity index (χ0) is 13.1. The van der Waals surface area contributed by atoms with Crippen LogP contribution in [0.2, 0.25) is 0 Å². The molecule has 2 aliphatic rings. The Labute approximate surface area is 112 Å². The lowest BCUT2D eigenvalue weighted by molar-refractivity contribution is -0.0804. The van der Waals surface area contributed by atoms with Crippen molar-refractivity contribution < 1.29 is 9.84 Å². The van der Waals surface area contributed by atoms with E-state index < -0.39 is 0 Å². The molecule has 0 aromatic carbocycles. The summed E-state index contributed by atoms with van der Waals surface area (Å²) in [5.74, 6) is 1.30. The molecule has 0 radical (unpaired) electrons. The Balaban J connectivity index is 1.86. The van der Waals surface area contributed by atoms with Crippen LogP contribution in [0, 0.1) is 11.8 Å². The van der Waals surface area contributed by atoms with E-state index in [1.807, 2.05) is 0 Å². The number of aliphatic hydroxyl groups is 1. The number of aliphatic hydroxyl groups excluding tert-OH is 1. The van der Waals surface area contributed by atoms with Crippen molar-refractivity contribution >= 4 is 0 Å². The highest BCUT2D eigenvalue weighted by Gasteiger charge is 2.31. The molecule has 1 N–H and O–H groups in total. The molecule has 0 bridgehead atoms. The van der Waals surface area contributed by atoms with E-state index >= 15 is 0 Å². The fourth-order valence-corrected chi connectivity index (χ4v) is 3.68. The van der Waals surface area contributed by atoms with Crippen LogP contribution in [0.4, 0.5) is 0 Å². The van der Waals surface area contributed by atoms with Gasteiger partial charge in [-0.1, -0.05) is 13.3 Å². The van der Waals surface area contributed by atoms with Crippen molar-refractivity contribution in [3.8, 4) is 0 Å². The quantitative estimate of drug-likeness (QED) is 0.840. The van der Waals surface area contributed by atoms with Gasteiger partial charge in [-0.05, 0) is 44.9 Å². The first-order chi connectivity index (χ1) is 8.58. The third kappa shape index (κ3) is 3.69. The number of hydrogen-bond donors (Lipinski definition) is 1. The van der Waals surface area contributed by atoms with Crippen molar-refractivity contribution in [1.82, 2.24) is 4.90 Å². The summed E-state index contributed by atoms with van der Waals surface area (Å²) < 4.78 is 5.77. The molecule has 0 spiro atoms. The molecule has 18 heavy (non-hydrogen) atoms. The molecule has 1 aliphatic heterocycles. The van der Waals surface area contributed by atoms with E-state index in [9.17, 15) is 5.11 Å². The molecule has 1 saturated carbocycles. The van der Waals surface area contributed by atoms with Crippen LogP contribution in [0.3, 0.4) is 0 Å². The second-order valence-corrected chi connectivity index (χ2v) is 6.39. The monoisotopic (exact) mass is 255 g/mol. The van der Waals surface area contributed by atoms with Crippen molar-refractivity contribution in [2.45, 2.75) is 64.8 Å². The second kappa shape index (κ2) is 6.36. The third-order valence-corrected chi connectivity index (χ3v) is 4.62. The molecular formula is C15H29NO2. The van der Waals surface area contributed by atoms with E-state index in [1.165, 1.54) is 19.3 Å². The molecule has 2 fully saturated rings. The minimum atomic E-state index is -0.0822. The summed E-state index contributed by atoms with van der Waals surface area (Å²) in [5, 5.41) is 10.2. The maximum atomic E-state index is 10.2. The lowest BCUT2D eigenvalue weighted by atomic mass is 9.78. The van der Waals surface area contributed by atoms with Crippen LogP contribution >= 0.6 is 0 Å². The molecular weight excluding hydrogens is 226 g/mol. The molecule has 0 aromatic heterocycles. The van der Waals surface area contributed by atoms with E-state index in [4.69, 9.17) is 4.74 Å². The Bertz CT molecular complexity index is 249. The van der Waals surface area contributed by atoms with Crippen molar-refractivity contribution in [3.63, 3.8) is 0 Å². The van der Waals surface area contributed by atoms with Crippen molar-refractivity contribution in [2.75, 3.05) is 19.6 Å². The zero-order valence-electron chi connectivity index (χ0n) is 12.1. The summed E-state index contributed by atoms with van der Waals surface area (Å²) in [6.45, 7) is 9.66. The molecule has 1 heterocycles. The molecule has 5 atom stereocenters. The van der Waals surface area contributed by atoms with Crippen LogP contribution in [0.1, 0.15) is 46.5 Å². The first kappa shape index (κ1) is 14.3. The molecule has 0 amide bonds. The van der Waals surface area contributed by atoms with E-state index in [2.05, 4.69) is 25.7 Å². The van der Waals surface area contributed by atoms with Crippen molar-refractivity contribution in [1.29, 1.82) is 0 Å². The second-order valence-electron chi connectivity index (χ2n) is 6.39. The highest BCUT2D eigenvalue weighted by Crippen LogP contribution is 2.32. The van der Waals surface area contributed by atoms with Gasteiger partial charge in [0.2, 0.25) is 0 Å². The van der Waals surface area contributed by atoms with Crippen LogP contribution in [0.15, 0.2) is 0 Å². The maximum absolute atomic E-state index is 10.2. The molecule has 3 heteroatoms. The minimum absolute atomic E-state index is 0.0822. The van der Waals surface area contributed by atoms with Gasteiger partial charge in [-0.25, -0.2) is 0 Å². The van der Waals surface area contributed by atoms with Crippen LogP contribution in [-0.2, 0) is 4.74 Å². The molecule has 1 saturated heterocycles. The smallest absolute Gasteiger partial charge is 0.0678 e. The fraction of sp³-hybridized carbons (Fsp3) is 1.00. The fourth-order valence-electron chi connectivity index (χ4n) is 3.68. The SMILES string of the molecule is CCC1CCC(O)C(CN2C[C@@H](C)O[C@@H](C)C2)C1. The molecule has 2 rings (SSSR count). The number of ether oxygens (including phenoxy) is 1. The van der Waals surface area contributed by atoms with Gasteiger partial charge >= 0.3 is 0 Å². The van der Waals surface area contributed by atoms with Crippen LogP contribution in [0.5, 0.6) is 0 Å². The Hall–Kier alpha value is -0.120. The van der Waals surface area contributed by atoms with E-state index in [0.29, 0.717) is 18.1 Å². The minimum Gasteiger partial charge on any atom is -0.393 e. The van der Waals surface area contributed by atoms with E-state index in [0.717, 1.165) is 32.0 Å². The number of morpholine rings is 1. The number of rotatable bonds is 3. The van der Waals surface area contributed by atoms with E-state index in [-0.39, 0.29) is 6.10 Å². The van der Waals surface area contributed by atoms with Gasteiger partial charge in [0.05, 0.1) is 18.3 Å². The summed E-state index contributed by atoms with van der Waals surface area (Å²) in [6, 6.07) is 0. The van der Waals surface area contributed by atoms with Crippen LogP contribution in [0.25, 0.3) is 0 Å². The Morgan fingerprint density at radius 2 is 1.83 bits per heavy atom. The molecule has 1 aliphatic carbocycles. The summed E-state index contributed by atoms with van der Waals surface area (Å²) >= 11 is 0. The van der Waals surface area contributed by atoms with Gasteiger partial charge in [0.15, 0.2) is 0 Å². The summed E-state index contributed by atoms with van der Waals surface area (Å²) in [4.78, 5) is 2.49. The highest BCUT2D eigenvalue weighted by atomic mass is 16.5. The van der Waals surface area contributed by atoms with Gasteiger partial charge < -0.3 is 9.84 Å². The van der Waals surface area contributed by atoms with Gasteiger partial charge in [-0.3, -0.25) is 4.90 Å². The largest absolute Gasteiger partial charge is 0.393 e. The van der Waals surface area contributed by atoms with Crippen molar-refractivity contribution in [2.24, 2.45) is 11.8 Å². The standard InChI is InChI=1S/C15H29NO2/c1-4-13-5-6-15(17)14(7-13)10-16-8-11(2)18-12(3)9-16/h11-15,17H,4-10H2,1-3H3/t11-,12+,13?,14?,15?. The Kier molecular flexibility index (Phi) is 5.05. The predicted molar refractivity (Wildman–Crippen MR) is 73.6 cm³/mol. The van der Waals surface area contributed by atoms with Crippen LogP contribution < -0.4 is 0 Å². The Morgan fingerprint density at radius 3 is 2.44 bits per heavy atom. The average molecular weight is 255 g/mol. The van der Waals surface area contributed by atoms with Gasteiger partial charge in [0.25, 0.3) is 0 Å². The molecule has 3 unspecified atom stereocenters. The molecule has 3 nitrogen and oxygen atoms in total. The molecule has 0 aromatic rings. The van der Waals surface area contributed by atoms with Gasteiger partial charge in [-0.15, -0.1) is 0 Å². The predicted octanol–water partition coefficient (Wildman–Crippen LogP) is 2.28. The average Bonchev–Trinajstić information content (AvgIpc) is 2.30. The highest BCUT2D eigenvalue weighted by molar-refractivity contribution is 4.83. The normalized spacial score (nSPS) is 43.0. The van der Waals surface area contributed by atoms with Gasteiger partial charge in [-0.2, -0.15) is 0 Å². The van der Waals surface area contributed by atoms with Crippen molar-refractivity contribution in [3.05, 3.63) is 0 Å². The lowest BCUT2D eigenvalue weighted by Crippen LogP contribution is -2.49. The summed E-state index contributed by atoms with van der Waals surface area (Å²) in [7, 11) is 0. The third-order valence-electron chi connectivity index (χ3n) is 4.62. The first-order valence-electron chi connectivity index (χ1n) is 7.64. The summed E-state index contributed by atoms with van der Waals surface area (Å²) in [5.41, 5.74) is 0. The van der Waals surface area contributed by atoms with E-state index in [1.54, 1.807) is 0 Å². The topological polar surface area (TPSA) is 32.7 Å². The maximum Gasteiger partial charge on any atom is 0.0678 e. The van der Waals surface area contributed by atoms with Gasteiger partial charge in [0, 0.05) is 19.6 Å². The summed E-state index contributed by atoms with van der Waals surface area (Å²) in [6.07, 6.45) is 5.26. The lowest BCUT2D eigenvalue weighted by Gasteiger charge is -2.40. The number of hydrogen-bond acceptors (Lipinski definition) is 3. The number of nitrogens with zero attached hydrogens (tertiary/aromatic N) is 1. The zero-order valence-corrected chi connectivity index (χ0v) is 12.1. The Morgan fingerprint density at radius 1 is 1.17 bits per heavy atom.